The summed E-state index contributed by atoms with van der Waals surface area (Å²) >= 11 is 6.26. The van der Waals surface area contributed by atoms with Gasteiger partial charge in [-0.2, -0.15) is 0 Å². The molecule has 0 heterocycles. The first kappa shape index (κ1) is 27.1. The Kier molecular flexibility index (Phi) is 8.00. The predicted octanol–water partition coefficient (Wildman–Crippen LogP) is 5.11. The van der Waals surface area contributed by atoms with Crippen molar-refractivity contribution in [2.24, 2.45) is 0 Å². The van der Waals surface area contributed by atoms with Crippen molar-refractivity contribution < 1.29 is 26.0 Å². The highest BCUT2D eigenvalue weighted by molar-refractivity contribution is 7.93. The van der Waals surface area contributed by atoms with Gasteiger partial charge in [0.25, 0.3) is 20.0 Å². The Labute approximate surface area is 224 Å². The number of hydrogen-bond donors (Lipinski definition) is 2. The first-order valence-electron chi connectivity index (χ1n) is 11.1. The van der Waals surface area contributed by atoms with Crippen molar-refractivity contribution in [3.63, 3.8) is 0 Å². The van der Waals surface area contributed by atoms with Gasteiger partial charge in [0.15, 0.2) is 0 Å². The van der Waals surface area contributed by atoms with Gasteiger partial charge >= 0.3 is 0 Å². The maximum Gasteiger partial charge on any atom is 0.264 e. The normalized spacial score (nSPS) is 11.5. The summed E-state index contributed by atoms with van der Waals surface area (Å²) in [7, 11) is -8.11. The molecule has 0 fully saturated rings. The summed E-state index contributed by atoms with van der Waals surface area (Å²) in [6, 6.07) is 24.0. The van der Waals surface area contributed by atoms with Crippen molar-refractivity contribution in [1.82, 2.24) is 0 Å². The molecule has 0 atom stereocenters. The number of carbonyl (C=O) groups excluding carboxylic acids is 1. The minimum atomic E-state index is -4.15. The van der Waals surface area contributed by atoms with Gasteiger partial charge in [-0.25, -0.2) is 21.2 Å². The molecule has 0 unspecified atom stereocenters. The van der Waals surface area contributed by atoms with Crippen LogP contribution in [0, 0.1) is 5.82 Å². The summed E-state index contributed by atoms with van der Waals surface area (Å²) < 4.78 is 68.3. The number of nitrogens with one attached hydrogen (secondary N) is 2. The number of amides is 1. The molecule has 8 nitrogen and oxygen atoms in total. The van der Waals surface area contributed by atoms with Crippen molar-refractivity contribution >= 4 is 54.6 Å². The van der Waals surface area contributed by atoms with Gasteiger partial charge in [-0.05, 0) is 72.8 Å². The summed E-state index contributed by atoms with van der Waals surface area (Å²) in [5.74, 6) is -1.18. The van der Waals surface area contributed by atoms with E-state index in [1.54, 1.807) is 30.3 Å². The monoisotopic (exact) mass is 573 g/mol. The third kappa shape index (κ3) is 6.31. The zero-order valence-corrected chi connectivity index (χ0v) is 22.0. The molecule has 0 bridgehead atoms. The van der Waals surface area contributed by atoms with E-state index in [0.29, 0.717) is 0 Å². The molecule has 12 heteroatoms. The molecule has 0 aromatic heterocycles. The number of benzene rings is 4. The Hall–Kier alpha value is -3.93. The van der Waals surface area contributed by atoms with Gasteiger partial charge in [0.1, 0.15) is 12.4 Å². The van der Waals surface area contributed by atoms with Crippen LogP contribution in [-0.2, 0) is 24.8 Å². The fraction of sp³-hybridized carbons (Fsp3) is 0.0385. The fourth-order valence-corrected chi connectivity index (χ4v) is 6.26. The number of para-hydroxylation sites is 1. The van der Waals surface area contributed by atoms with E-state index < -0.39 is 38.3 Å². The fourth-order valence-electron chi connectivity index (χ4n) is 3.45. The molecule has 38 heavy (non-hydrogen) atoms. The molecular weight excluding hydrogens is 553 g/mol. The second kappa shape index (κ2) is 11.2. The van der Waals surface area contributed by atoms with Crippen LogP contribution in [0.25, 0.3) is 0 Å². The Morgan fingerprint density at radius 1 is 0.737 bits per heavy atom. The number of halogens is 2. The summed E-state index contributed by atoms with van der Waals surface area (Å²) in [5, 5.41) is 2.72. The average molecular weight is 574 g/mol. The Morgan fingerprint density at radius 3 is 1.95 bits per heavy atom. The van der Waals surface area contributed by atoms with Gasteiger partial charge in [-0.15, -0.1) is 0 Å². The van der Waals surface area contributed by atoms with Gasteiger partial charge in [0.2, 0.25) is 5.91 Å². The molecular formula is C26H21ClFN3O5S2. The zero-order valence-electron chi connectivity index (χ0n) is 19.6. The summed E-state index contributed by atoms with van der Waals surface area (Å²) in [6.45, 7) is -0.590. The first-order chi connectivity index (χ1) is 18.1. The maximum atomic E-state index is 13.4. The highest BCUT2D eigenvalue weighted by atomic mass is 35.5. The molecule has 4 aromatic carbocycles. The minimum absolute atomic E-state index is 0.0177. The second-order valence-electron chi connectivity index (χ2n) is 7.96. The predicted molar refractivity (Wildman–Crippen MR) is 145 cm³/mol. The van der Waals surface area contributed by atoms with Gasteiger partial charge in [-0.1, -0.05) is 41.9 Å². The number of anilines is 3. The lowest BCUT2D eigenvalue weighted by molar-refractivity contribution is -0.114. The molecule has 4 rings (SSSR count). The largest absolute Gasteiger partial charge is 0.325 e. The van der Waals surface area contributed by atoms with Crippen molar-refractivity contribution in [3.8, 4) is 0 Å². The number of carbonyl (C=O) groups is 1. The molecule has 0 radical (unpaired) electrons. The van der Waals surface area contributed by atoms with E-state index in [0.717, 1.165) is 16.4 Å². The number of hydrogen-bond acceptors (Lipinski definition) is 5. The number of rotatable bonds is 9. The van der Waals surface area contributed by atoms with Crippen LogP contribution in [0.3, 0.4) is 0 Å². The maximum absolute atomic E-state index is 13.4. The molecule has 0 spiro atoms. The lowest BCUT2D eigenvalue weighted by Crippen LogP contribution is -2.38. The molecule has 196 valence electrons. The third-order valence-corrected chi connectivity index (χ3v) is 8.78. The smallest absolute Gasteiger partial charge is 0.264 e. The van der Waals surface area contributed by atoms with E-state index in [1.165, 1.54) is 60.7 Å². The van der Waals surface area contributed by atoms with Crippen molar-refractivity contribution in [2.75, 3.05) is 20.9 Å². The third-order valence-electron chi connectivity index (χ3n) is 5.28. The van der Waals surface area contributed by atoms with Gasteiger partial charge in [0, 0.05) is 11.4 Å². The van der Waals surface area contributed by atoms with E-state index in [9.17, 15) is 26.0 Å². The highest BCUT2D eigenvalue weighted by Gasteiger charge is 2.28. The van der Waals surface area contributed by atoms with Crippen LogP contribution in [0.5, 0.6) is 0 Å². The first-order valence-corrected chi connectivity index (χ1v) is 14.4. The molecule has 0 aliphatic rings. The van der Waals surface area contributed by atoms with E-state index in [1.807, 2.05) is 0 Å². The van der Waals surface area contributed by atoms with E-state index >= 15 is 0 Å². The molecule has 0 aliphatic carbocycles. The van der Waals surface area contributed by atoms with Crippen LogP contribution in [0.1, 0.15) is 0 Å². The lowest BCUT2D eigenvalue weighted by atomic mass is 10.3. The Morgan fingerprint density at radius 2 is 1.32 bits per heavy atom. The summed E-state index contributed by atoms with van der Waals surface area (Å²) in [5.41, 5.74) is 0.552. The van der Waals surface area contributed by atoms with Crippen molar-refractivity contribution in [2.45, 2.75) is 9.79 Å². The molecule has 0 aliphatic heterocycles. The molecule has 0 saturated carbocycles. The van der Waals surface area contributed by atoms with Crippen molar-refractivity contribution in [1.29, 1.82) is 0 Å². The minimum Gasteiger partial charge on any atom is -0.325 e. The summed E-state index contributed by atoms with van der Waals surface area (Å²) in [6.07, 6.45) is 0. The van der Waals surface area contributed by atoms with Crippen LogP contribution in [0.4, 0.5) is 21.5 Å². The van der Waals surface area contributed by atoms with Crippen LogP contribution >= 0.6 is 11.6 Å². The molecule has 2 N–H and O–H groups in total. The Bertz CT molecular complexity index is 1650. The standard InChI is InChI=1S/C26H21ClFN3O5S2/c27-24-8-4-5-9-25(24)31(38(35,36)23-6-2-1-3-7-23)18-26(32)29-20-14-16-22(17-15-20)37(33,34)30-21-12-10-19(28)11-13-21/h1-17,30H,18H2,(H,29,32). The van der Waals surface area contributed by atoms with Crippen LogP contribution in [-0.4, -0.2) is 29.3 Å². The lowest BCUT2D eigenvalue weighted by Gasteiger charge is -2.25. The van der Waals surface area contributed by atoms with Gasteiger partial charge in [-0.3, -0.25) is 13.8 Å². The quantitative estimate of drug-likeness (QED) is 0.289. The van der Waals surface area contributed by atoms with Crippen LogP contribution < -0.4 is 14.3 Å². The molecule has 4 aromatic rings. The van der Waals surface area contributed by atoms with E-state index in [4.69, 9.17) is 11.6 Å². The summed E-state index contributed by atoms with van der Waals surface area (Å²) in [4.78, 5) is 12.8. The average Bonchev–Trinajstić information content (AvgIpc) is 2.90. The molecule has 1 amide bonds. The number of sulfonamides is 2. The van der Waals surface area contributed by atoms with Crippen molar-refractivity contribution in [3.05, 3.63) is 114 Å². The SMILES string of the molecule is O=C(CN(c1ccccc1Cl)S(=O)(=O)c1ccccc1)Nc1ccc(S(=O)(=O)Nc2ccc(F)cc2)cc1. The number of nitrogens with zero attached hydrogens (tertiary/aromatic N) is 1. The Balaban J connectivity index is 1.52. The van der Waals surface area contributed by atoms with E-state index in [2.05, 4.69) is 10.0 Å². The van der Waals surface area contributed by atoms with Crippen LogP contribution in [0.15, 0.2) is 113 Å². The topological polar surface area (TPSA) is 113 Å². The second-order valence-corrected chi connectivity index (χ2v) is 11.9. The van der Waals surface area contributed by atoms with E-state index in [-0.39, 0.29) is 31.9 Å². The van der Waals surface area contributed by atoms with Gasteiger partial charge in [0.05, 0.1) is 20.5 Å². The highest BCUT2D eigenvalue weighted by Crippen LogP contribution is 2.30. The zero-order chi connectivity index (χ0) is 27.3. The van der Waals surface area contributed by atoms with Crippen LogP contribution in [0.2, 0.25) is 5.02 Å². The van der Waals surface area contributed by atoms with Gasteiger partial charge < -0.3 is 5.32 Å². The molecule has 0 saturated heterocycles.